The number of methoxy groups -OCH3 is 1. The zero-order valence-corrected chi connectivity index (χ0v) is 16.8. The average molecular weight is 354 g/mol. The van der Waals surface area contributed by atoms with Gasteiger partial charge in [0, 0.05) is 5.56 Å². The van der Waals surface area contributed by atoms with Gasteiger partial charge in [-0.15, -0.1) is 0 Å². The van der Waals surface area contributed by atoms with E-state index in [1.54, 1.807) is 0 Å². The molecular formula is C23H30O3. The molecule has 0 spiro atoms. The summed E-state index contributed by atoms with van der Waals surface area (Å²) in [6.45, 7) is 10.5. The molecule has 0 saturated heterocycles. The third-order valence-electron chi connectivity index (χ3n) is 4.49. The summed E-state index contributed by atoms with van der Waals surface area (Å²) in [7, 11) is 1.41. The molecule has 0 bridgehead atoms. The quantitative estimate of drug-likeness (QED) is 0.472. The number of carbonyl (C=O) groups is 1. The van der Waals surface area contributed by atoms with E-state index in [1.165, 1.54) is 18.3 Å². The topological polar surface area (TPSA) is 35.5 Å². The first-order valence-corrected chi connectivity index (χ1v) is 9.14. The average Bonchev–Trinajstić information content (AvgIpc) is 2.58. The van der Waals surface area contributed by atoms with Gasteiger partial charge in [0.15, 0.2) is 0 Å². The molecule has 0 radical (unpaired) electrons. The van der Waals surface area contributed by atoms with E-state index in [9.17, 15) is 4.79 Å². The summed E-state index contributed by atoms with van der Waals surface area (Å²) < 4.78 is 11.3. The van der Waals surface area contributed by atoms with Crippen molar-refractivity contribution in [3.8, 4) is 5.75 Å². The predicted molar refractivity (Wildman–Crippen MR) is 108 cm³/mol. The first kappa shape index (κ1) is 20.0. The van der Waals surface area contributed by atoms with E-state index in [-0.39, 0.29) is 11.6 Å². The molecule has 1 aliphatic heterocycles. The fourth-order valence-electron chi connectivity index (χ4n) is 2.98. The second-order valence-electron chi connectivity index (χ2n) is 7.60. The van der Waals surface area contributed by atoms with Crippen LogP contribution in [0.2, 0.25) is 0 Å². The second kappa shape index (κ2) is 8.39. The third kappa shape index (κ3) is 5.10. The maximum Gasteiger partial charge on any atom is 0.337 e. The lowest BCUT2D eigenvalue weighted by atomic mass is 9.92. The van der Waals surface area contributed by atoms with Crippen molar-refractivity contribution in [1.29, 1.82) is 0 Å². The molecule has 0 saturated carbocycles. The number of benzene rings is 1. The Kier molecular flexibility index (Phi) is 6.47. The number of hydrogen-bond donors (Lipinski definition) is 0. The Morgan fingerprint density at radius 1 is 1.15 bits per heavy atom. The summed E-state index contributed by atoms with van der Waals surface area (Å²) in [6.07, 6.45) is 11.2. The monoisotopic (exact) mass is 354 g/mol. The minimum absolute atomic E-state index is 0.323. The van der Waals surface area contributed by atoms with Gasteiger partial charge in [0.05, 0.1) is 12.7 Å². The van der Waals surface area contributed by atoms with Crippen LogP contribution in [0.5, 0.6) is 5.75 Å². The third-order valence-corrected chi connectivity index (χ3v) is 4.49. The van der Waals surface area contributed by atoms with Gasteiger partial charge < -0.3 is 9.47 Å². The highest BCUT2D eigenvalue weighted by molar-refractivity contribution is 5.91. The van der Waals surface area contributed by atoms with Crippen LogP contribution in [0.3, 0.4) is 0 Å². The lowest BCUT2D eigenvalue weighted by Crippen LogP contribution is -2.32. The van der Waals surface area contributed by atoms with E-state index in [1.807, 2.05) is 12.1 Å². The van der Waals surface area contributed by atoms with Crippen LogP contribution in [-0.2, 0) is 11.2 Å². The van der Waals surface area contributed by atoms with Crippen LogP contribution in [0.25, 0.3) is 6.08 Å². The molecule has 0 fully saturated rings. The summed E-state index contributed by atoms with van der Waals surface area (Å²) in [4.78, 5) is 12.0. The summed E-state index contributed by atoms with van der Waals surface area (Å²) in [5.74, 6) is 0.550. The molecule has 3 heteroatoms. The second-order valence-corrected chi connectivity index (χ2v) is 7.60. The number of esters is 1. The van der Waals surface area contributed by atoms with Gasteiger partial charge in [-0.3, -0.25) is 0 Å². The van der Waals surface area contributed by atoms with E-state index in [0.717, 1.165) is 36.1 Å². The van der Waals surface area contributed by atoms with Gasteiger partial charge in [-0.2, -0.15) is 0 Å². The highest BCUT2D eigenvalue weighted by Gasteiger charge is 2.29. The van der Waals surface area contributed by atoms with Gasteiger partial charge in [0.2, 0.25) is 0 Å². The number of hydrogen-bond acceptors (Lipinski definition) is 3. The molecule has 1 aromatic carbocycles. The number of rotatable bonds is 6. The van der Waals surface area contributed by atoms with Gasteiger partial charge in [-0.1, -0.05) is 29.4 Å². The summed E-state index contributed by atoms with van der Waals surface area (Å²) in [5.41, 5.74) is 4.72. The Labute approximate surface area is 157 Å². The molecular weight excluding hydrogens is 324 g/mol. The van der Waals surface area contributed by atoms with Crippen molar-refractivity contribution in [2.24, 2.45) is 0 Å². The highest BCUT2D eigenvalue weighted by Crippen LogP contribution is 2.37. The van der Waals surface area contributed by atoms with E-state index in [4.69, 9.17) is 9.47 Å². The van der Waals surface area contributed by atoms with Crippen LogP contribution < -0.4 is 4.74 Å². The lowest BCUT2D eigenvalue weighted by Gasteiger charge is -2.33. The molecule has 0 N–H and O–H groups in total. The van der Waals surface area contributed by atoms with Crippen molar-refractivity contribution in [3.63, 3.8) is 0 Å². The Balaban J connectivity index is 2.39. The van der Waals surface area contributed by atoms with Crippen LogP contribution >= 0.6 is 0 Å². The largest absolute Gasteiger partial charge is 0.483 e. The Hall–Kier alpha value is -2.29. The Morgan fingerprint density at radius 3 is 2.46 bits per heavy atom. The smallest absolute Gasteiger partial charge is 0.337 e. The molecule has 1 atom stereocenters. The van der Waals surface area contributed by atoms with Crippen molar-refractivity contribution in [2.75, 3.05) is 7.11 Å². The molecule has 140 valence electrons. The van der Waals surface area contributed by atoms with Gasteiger partial charge in [0.25, 0.3) is 0 Å². The van der Waals surface area contributed by atoms with Crippen LogP contribution in [0.4, 0.5) is 0 Å². The molecule has 2 rings (SSSR count). The predicted octanol–water partition coefficient (Wildman–Crippen LogP) is 5.89. The maximum atomic E-state index is 12.0. The zero-order chi connectivity index (χ0) is 19.3. The van der Waals surface area contributed by atoms with Crippen molar-refractivity contribution in [3.05, 3.63) is 58.2 Å². The van der Waals surface area contributed by atoms with Crippen molar-refractivity contribution in [1.82, 2.24) is 0 Å². The molecule has 0 amide bonds. The van der Waals surface area contributed by atoms with Crippen molar-refractivity contribution < 1.29 is 14.3 Å². The normalized spacial score (nSPS) is 17.8. The van der Waals surface area contributed by atoms with Gasteiger partial charge in [0.1, 0.15) is 11.4 Å². The van der Waals surface area contributed by atoms with Gasteiger partial charge >= 0.3 is 5.97 Å². The lowest BCUT2D eigenvalue weighted by molar-refractivity contribution is 0.0600. The van der Waals surface area contributed by atoms with E-state index in [0.29, 0.717) is 5.56 Å². The summed E-state index contributed by atoms with van der Waals surface area (Å²) >= 11 is 0. The Morgan fingerprint density at radius 2 is 1.85 bits per heavy atom. The zero-order valence-electron chi connectivity index (χ0n) is 16.8. The molecule has 0 aromatic heterocycles. The van der Waals surface area contributed by atoms with Crippen LogP contribution in [0, 0.1) is 0 Å². The number of fused-ring (bicyclic) bond motifs is 1. The molecule has 0 aliphatic carbocycles. The summed E-state index contributed by atoms with van der Waals surface area (Å²) in [5, 5.41) is 0. The fourth-order valence-corrected chi connectivity index (χ4v) is 2.98. The molecule has 0 unspecified atom stereocenters. The van der Waals surface area contributed by atoms with E-state index >= 15 is 0 Å². The van der Waals surface area contributed by atoms with Gasteiger partial charge in [-0.05, 0) is 77.7 Å². The summed E-state index contributed by atoms with van der Waals surface area (Å²) in [6, 6.07) is 3.74. The minimum atomic E-state index is -0.342. The first-order valence-electron chi connectivity index (χ1n) is 9.14. The van der Waals surface area contributed by atoms with E-state index < -0.39 is 0 Å². The SMILES string of the molecule is COC(=O)c1cc2c(c(CC=C(C)C)c1)O[C@](C)(CCC=C(C)C)C=C2. The fraction of sp³-hybridized carbons (Fsp3) is 0.435. The van der Waals surface area contributed by atoms with Crippen LogP contribution in [0.1, 0.15) is 68.9 Å². The minimum Gasteiger partial charge on any atom is -0.483 e. The first-order chi connectivity index (χ1) is 12.2. The number of ether oxygens (including phenoxy) is 2. The molecule has 26 heavy (non-hydrogen) atoms. The number of allylic oxidation sites excluding steroid dienone is 4. The number of carbonyl (C=O) groups excluding carboxylic acids is 1. The standard InChI is InChI=1S/C23H30O3/c1-16(2)8-7-12-23(5)13-11-19-15-20(22(24)25-6)14-18(21(19)26-23)10-9-17(3)4/h8-9,11,13-15H,7,10,12H2,1-6H3/t23-/m1/s1. The van der Waals surface area contributed by atoms with E-state index in [2.05, 4.69) is 58.9 Å². The van der Waals surface area contributed by atoms with Crippen LogP contribution in [0.15, 0.2) is 41.5 Å². The Bertz CT molecular complexity index is 760. The van der Waals surface area contributed by atoms with Gasteiger partial charge in [-0.25, -0.2) is 4.79 Å². The molecule has 1 heterocycles. The highest BCUT2D eigenvalue weighted by atomic mass is 16.5. The van der Waals surface area contributed by atoms with Crippen molar-refractivity contribution >= 4 is 12.0 Å². The van der Waals surface area contributed by atoms with Crippen molar-refractivity contribution in [2.45, 2.75) is 59.5 Å². The maximum absolute atomic E-state index is 12.0. The van der Waals surface area contributed by atoms with Crippen LogP contribution in [-0.4, -0.2) is 18.7 Å². The molecule has 1 aromatic rings. The molecule has 1 aliphatic rings. The molecule has 3 nitrogen and oxygen atoms in total.